The number of carbonyl (C=O) groups excluding carboxylic acids is 1. The largest absolute Gasteiger partial charge is 0.388 e. The maximum Gasteiger partial charge on any atom is 0.227 e. The number of aliphatic hydroxyl groups is 1. The molecule has 0 aromatic heterocycles. The van der Waals surface area contributed by atoms with E-state index in [0.717, 1.165) is 5.56 Å². The van der Waals surface area contributed by atoms with E-state index in [4.69, 9.17) is 0 Å². The van der Waals surface area contributed by atoms with Crippen LogP contribution in [0.1, 0.15) is 45.6 Å². The second-order valence-electron chi connectivity index (χ2n) is 5.95. The summed E-state index contributed by atoms with van der Waals surface area (Å²) < 4.78 is 0. The van der Waals surface area contributed by atoms with Gasteiger partial charge in [-0.1, -0.05) is 44.2 Å². The van der Waals surface area contributed by atoms with Crippen LogP contribution in [0.2, 0.25) is 0 Å². The summed E-state index contributed by atoms with van der Waals surface area (Å²) in [6, 6.07) is 9.66. The van der Waals surface area contributed by atoms with Gasteiger partial charge in [-0.3, -0.25) is 4.79 Å². The first-order valence-corrected chi connectivity index (χ1v) is 6.87. The van der Waals surface area contributed by atoms with Gasteiger partial charge in [0.05, 0.1) is 11.5 Å². The van der Waals surface area contributed by atoms with E-state index in [1.165, 1.54) is 0 Å². The number of hydrogen-bond acceptors (Lipinski definition) is 2. The first kappa shape index (κ1) is 15.7. The SMILES string of the molecule is CC(C)CC(C)(O)CNC(=O)C(C)c1ccccc1. The fourth-order valence-electron chi connectivity index (χ4n) is 2.28. The normalized spacial score (nSPS) is 15.9. The summed E-state index contributed by atoms with van der Waals surface area (Å²) in [5.41, 5.74) is 0.142. The van der Waals surface area contributed by atoms with Crippen molar-refractivity contribution in [3.05, 3.63) is 35.9 Å². The molecule has 0 aliphatic carbocycles. The van der Waals surface area contributed by atoms with Crippen molar-refractivity contribution in [3.8, 4) is 0 Å². The molecule has 0 radical (unpaired) electrons. The van der Waals surface area contributed by atoms with Gasteiger partial charge in [-0.25, -0.2) is 0 Å². The highest BCUT2D eigenvalue weighted by Crippen LogP contribution is 2.17. The minimum absolute atomic E-state index is 0.0461. The summed E-state index contributed by atoms with van der Waals surface area (Å²) >= 11 is 0. The quantitative estimate of drug-likeness (QED) is 0.829. The van der Waals surface area contributed by atoms with Crippen molar-refractivity contribution in [2.45, 2.75) is 45.6 Å². The third kappa shape index (κ3) is 5.43. The van der Waals surface area contributed by atoms with E-state index in [1.54, 1.807) is 6.92 Å². The Morgan fingerprint density at radius 3 is 2.37 bits per heavy atom. The lowest BCUT2D eigenvalue weighted by atomic mass is 9.93. The van der Waals surface area contributed by atoms with Crippen LogP contribution in [-0.2, 0) is 4.79 Å². The first-order chi connectivity index (χ1) is 8.82. The molecular weight excluding hydrogens is 238 g/mol. The van der Waals surface area contributed by atoms with Crippen LogP contribution in [0, 0.1) is 5.92 Å². The summed E-state index contributed by atoms with van der Waals surface area (Å²) in [4.78, 5) is 12.1. The molecule has 0 spiro atoms. The number of amides is 1. The number of benzene rings is 1. The zero-order valence-corrected chi connectivity index (χ0v) is 12.3. The number of carbonyl (C=O) groups is 1. The molecule has 1 aromatic rings. The van der Waals surface area contributed by atoms with Crippen molar-refractivity contribution in [1.29, 1.82) is 0 Å². The summed E-state index contributed by atoms with van der Waals surface area (Å²) in [7, 11) is 0. The number of rotatable bonds is 6. The Bertz CT molecular complexity index is 398. The fraction of sp³-hybridized carbons (Fsp3) is 0.562. The lowest BCUT2D eigenvalue weighted by Gasteiger charge is -2.26. The summed E-state index contributed by atoms with van der Waals surface area (Å²) in [5.74, 6) is 0.157. The fourth-order valence-corrected chi connectivity index (χ4v) is 2.28. The van der Waals surface area contributed by atoms with Gasteiger partial charge in [0.25, 0.3) is 0 Å². The zero-order valence-electron chi connectivity index (χ0n) is 12.3. The Kier molecular flexibility index (Phi) is 5.55. The van der Waals surface area contributed by atoms with Gasteiger partial charge in [-0.05, 0) is 31.7 Å². The van der Waals surface area contributed by atoms with Gasteiger partial charge >= 0.3 is 0 Å². The zero-order chi connectivity index (χ0) is 14.5. The lowest BCUT2D eigenvalue weighted by molar-refractivity contribution is -0.123. The molecule has 2 atom stereocenters. The van der Waals surface area contributed by atoms with Gasteiger partial charge < -0.3 is 10.4 Å². The molecular formula is C16H25NO2. The number of hydrogen-bond donors (Lipinski definition) is 2. The predicted molar refractivity (Wildman–Crippen MR) is 77.9 cm³/mol. The molecule has 0 bridgehead atoms. The molecule has 0 aliphatic heterocycles. The Morgan fingerprint density at radius 2 is 1.84 bits per heavy atom. The highest BCUT2D eigenvalue weighted by atomic mass is 16.3. The molecule has 1 amide bonds. The summed E-state index contributed by atoms with van der Waals surface area (Å²) in [6.45, 7) is 8.05. The van der Waals surface area contributed by atoms with Crippen molar-refractivity contribution in [2.24, 2.45) is 5.92 Å². The monoisotopic (exact) mass is 263 g/mol. The molecule has 0 saturated heterocycles. The van der Waals surface area contributed by atoms with Gasteiger partial charge in [0.15, 0.2) is 0 Å². The minimum atomic E-state index is -0.847. The van der Waals surface area contributed by atoms with E-state index in [2.05, 4.69) is 19.2 Å². The lowest BCUT2D eigenvalue weighted by Crippen LogP contribution is -2.42. The first-order valence-electron chi connectivity index (χ1n) is 6.87. The maximum absolute atomic E-state index is 12.1. The van der Waals surface area contributed by atoms with E-state index in [1.807, 2.05) is 37.3 Å². The van der Waals surface area contributed by atoms with Gasteiger partial charge in [0, 0.05) is 6.54 Å². The third-order valence-corrected chi connectivity index (χ3v) is 3.18. The molecule has 0 heterocycles. The maximum atomic E-state index is 12.1. The van der Waals surface area contributed by atoms with E-state index in [9.17, 15) is 9.90 Å². The van der Waals surface area contributed by atoms with Gasteiger partial charge in [0.2, 0.25) is 5.91 Å². The Labute approximate surface area is 116 Å². The Balaban J connectivity index is 2.52. The van der Waals surface area contributed by atoms with Gasteiger partial charge in [-0.15, -0.1) is 0 Å². The molecule has 0 saturated carbocycles. The molecule has 1 aromatic carbocycles. The second kappa shape index (κ2) is 6.71. The van der Waals surface area contributed by atoms with Crippen LogP contribution < -0.4 is 5.32 Å². The second-order valence-corrected chi connectivity index (χ2v) is 5.95. The Hall–Kier alpha value is -1.35. The minimum Gasteiger partial charge on any atom is -0.388 e. The molecule has 2 N–H and O–H groups in total. The molecule has 2 unspecified atom stereocenters. The van der Waals surface area contributed by atoms with Crippen molar-refractivity contribution >= 4 is 5.91 Å². The van der Waals surface area contributed by atoms with E-state index in [-0.39, 0.29) is 11.8 Å². The van der Waals surface area contributed by atoms with Gasteiger partial charge in [-0.2, -0.15) is 0 Å². The topological polar surface area (TPSA) is 49.3 Å². The van der Waals surface area contributed by atoms with E-state index < -0.39 is 5.60 Å². The number of nitrogens with one attached hydrogen (secondary N) is 1. The highest BCUT2D eigenvalue weighted by molar-refractivity contribution is 5.83. The summed E-state index contributed by atoms with van der Waals surface area (Å²) in [6.07, 6.45) is 0.674. The molecule has 3 nitrogen and oxygen atoms in total. The van der Waals surface area contributed by atoms with Crippen LogP contribution >= 0.6 is 0 Å². The van der Waals surface area contributed by atoms with Crippen molar-refractivity contribution < 1.29 is 9.90 Å². The smallest absolute Gasteiger partial charge is 0.227 e. The standard InChI is InChI=1S/C16H25NO2/c1-12(2)10-16(4,19)11-17-15(18)13(3)14-8-6-5-7-9-14/h5-9,12-13,19H,10-11H2,1-4H3,(H,17,18). The average Bonchev–Trinajstić information content (AvgIpc) is 2.34. The van der Waals surface area contributed by atoms with Crippen molar-refractivity contribution in [1.82, 2.24) is 5.32 Å². The molecule has 3 heteroatoms. The Morgan fingerprint density at radius 1 is 1.26 bits per heavy atom. The molecule has 106 valence electrons. The van der Waals surface area contributed by atoms with Crippen LogP contribution in [0.15, 0.2) is 30.3 Å². The van der Waals surface area contributed by atoms with Crippen molar-refractivity contribution in [3.63, 3.8) is 0 Å². The van der Waals surface area contributed by atoms with Crippen molar-refractivity contribution in [2.75, 3.05) is 6.54 Å². The summed E-state index contributed by atoms with van der Waals surface area (Å²) in [5, 5.41) is 13.0. The van der Waals surface area contributed by atoms with E-state index in [0.29, 0.717) is 18.9 Å². The van der Waals surface area contributed by atoms with Crippen LogP contribution in [0.25, 0.3) is 0 Å². The molecule has 1 rings (SSSR count). The predicted octanol–water partition coefficient (Wildman–Crippen LogP) is 2.70. The molecule has 0 aliphatic rings. The molecule has 19 heavy (non-hydrogen) atoms. The highest BCUT2D eigenvalue weighted by Gasteiger charge is 2.24. The van der Waals surface area contributed by atoms with Gasteiger partial charge in [0.1, 0.15) is 0 Å². The molecule has 0 fully saturated rings. The van der Waals surface area contributed by atoms with Crippen LogP contribution in [0.3, 0.4) is 0 Å². The van der Waals surface area contributed by atoms with Crippen LogP contribution in [0.5, 0.6) is 0 Å². The average molecular weight is 263 g/mol. The third-order valence-electron chi connectivity index (χ3n) is 3.18. The van der Waals surface area contributed by atoms with Crippen LogP contribution in [0.4, 0.5) is 0 Å². The van der Waals surface area contributed by atoms with E-state index >= 15 is 0 Å². The van der Waals surface area contributed by atoms with Crippen LogP contribution in [-0.4, -0.2) is 23.2 Å².